The van der Waals surface area contributed by atoms with E-state index in [0.29, 0.717) is 25.9 Å². The summed E-state index contributed by atoms with van der Waals surface area (Å²) in [6.45, 7) is 0.889. The van der Waals surface area contributed by atoms with Crippen LogP contribution in [0.25, 0.3) is 0 Å². The average Bonchev–Trinajstić information content (AvgIpc) is 2.90. The van der Waals surface area contributed by atoms with Gasteiger partial charge in [0.05, 0.1) is 6.10 Å². The lowest BCUT2D eigenvalue weighted by atomic mass is 10.2. The maximum atomic E-state index is 11.5. The van der Waals surface area contributed by atoms with Crippen LogP contribution in [-0.4, -0.2) is 74.0 Å². The van der Waals surface area contributed by atoms with E-state index in [1.807, 2.05) is 0 Å². The Morgan fingerprint density at radius 2 is 1.81 bits per heavy atom. The summed E-state index contributed by atoms with van der Waals surface area (Å²) in [6, 6.07) is -0.604. The molecule has 1 saturated heterocycles. The van der Waals surface area contributed by atoms with Crippen molar-refractivity contribution in [3.63, 3.8) is 0 Å². The number of ether oxygens (including phenoxy) is 1. The van der Waals surface area contributed by atoms with Gasteiger partial charge in [0.2, 0.25) is 0 Å². The highest BCUT2D eigenvalue weighted by Gasteiger charge is 2.30. The summed E-state index contributed by atoms with van der Waals surface area (Å²) in [7, 11) is 3.25. The Kier molecular flexibility index (Phi) is 6.73. The number of carbonyl (C=O) groups is 3. The number of hydrogen-bond acceptors (Lipinski definition) is 4. The predicted octanol–water partition coefficient (Wildman–Crippen LogP) is -0.811. The lowest BCUT2D eigenvalue weighted by Crippen LogP contribution is -2.44. The molecular formula is C12H22N4O5. The summed E-state index contributed by atoms with van der Waals surface area (Å²) in [5, 5.41) is 16.6. The van der Waals surface area contributed by atoms with Gasteiger partial charge in [0, 0.05) is 33.7 Å². The second kappa shape index (κ2) is 8.30. The topological polar surface area (TPSA) is 120 Å². The molecule has 9 heteroatoms. The van der Waals surface area contributed by atoms with Crippen molar-refractivity contribution in [2.24, 2.45) is 0 Å². The molecule has 0 aromatic rings. The van der Waals surface area contributed by atoms with E-state index in [-0.39, 0.29) is 24.7 Å². The zero-order chi connectivity index (χ0) is 15.8. The number of amides is 4. The number of nitrogens with zero attached hydrogens (tertiary/aromatic N) is 1. The van der Waals surface area contributed by atoms with E-state index in [1.165, 1.54) is 4.90 Å². The van der Waals surface area contributed by atoms with E-state index in [0.717, 1.165) is 0 Å². The number of hydrogen-bond donors (Lipinski definition) is 4. The number of aliphatic carboxylic acids is 1. The summed E-state index contributed by atoms with van der Waals surface area (Å²) in [6.07, 6.45) is 0.0159. The fraction of sp³-hybridized carbons (Fsp3) is 0.750. The van der Waals surface area contributed by atoms with E-state index in [4.69, 9.17) is 9.84 Å². The fourth-order valence-corrected chi connectivity index (χ4v) is 1.81. The molecule has 1 fully saturated rings. The van der Waals surface area contributed by atoms with Crippen molar-refractivity contribution >= 4 is 18.0 Å². The van der Waals surface area contributed by atoms with Crippen LogP contribution >= 0.6 is 0 Å². The number of nitrogens with one attached hydrogen (secondary N) is 3. The third-order valence-corrected chi connectivity index (χ3v) is 2.97. The summed E-state index contributed by atoms with van der Waals surface area (Å²) >= 11 is 0. The van der Waals surface area contributed by atoms with Gasteiger partial charge in [-0.2, -0.15) is 0 Å². The summed E-state index contributed by atoms with van der Waals surface area (Å²) < 4.78 is 5.25. The lowest BCUT2D eigenvalue weighted by Gasteiger charge is -2.14. The smallest absolute Gasteiger partial charge is 0.332 e. The van der Waals surface area contributed by atoms with Gasteiger partial charge < -0.3 is 30.7 Å². The molecule has 1 aliphatic heterocycles. The fourth-order valence-electron chi connectivity index (χ4n) is 1.81. The van der Waals surface area contributed by atoms with Gasteiger partial charge in [0.25, 0.3) is 0 Å². The Labute approximate surface area is 123 Å². The van der Waals surface area contributed by atoms with E-state index < -0.39 is 12.1 Å². The van der Waals surface area contributed by atoms with Crippen molar-refractivity contribution in [3.05, 3.63) is 0 Å². The molecule has 0 saturated carbocycles. The van der Waals surface area contributed by atoms with Crippen LogP contribution in [0.15, 0.2) is 0 Å². The van der Waals surface area contributed by atoms with Gasteiger partial charge in [0.15, 0.2) is 6.10 Å². The predicted molar refractivity (Wildman–Crippen MR) is 74.0 cm³/mol. The van der Waals surface area contributed by atoms with Crippen LogP contribution in [0.1, 0.15) is 12.8 Å². The first-order valence-electron chi connectivity index (χ1n) is 6.75. The van der Waals surface area contributed by atoms with Crippen molar-refractivity contribution in [2.45, 2.75) is 25.0 Å². The third-order valence-electron chi connectivity index (χ3n) is 2.97. The van der Waals surface area contributed by atoms with Gasteiger partial charge in [-0.15, -0.1) is 0 Å². The SMILES string of the molecule is CN(C)C(=O)NCCNC(=O)NCC1CCC(C(=O)O)O1. The van der Waals surface area contributed by atoms with E-state index in [2.05, 4.69) is 16.0 Å². The second-order valence-corrected chi connectivity index (χ2v) is 4.93. The minimum Gasteiger partial charge on any atom is -0.479 e. The van der Waals surface area contributed by atoms with E-state index >= 15 is 0 Å². The first-order valence-corrected chi connectivity index (χ1v) is 6.75. The van der Waals surface area contributed by atoms with Crippen molar-refractivity contribution in [3.8, 4) is 0 Å². The Bertz CT molecular complexity index is 388. The normalized spacial score (nSPS) is 20.7. The molecule has 0 aliphatic carbocycles. The summed E-state index contributed by atoms with van der Waals surface area (Å²) in [5.41, 5.74) is 0. The van der Waals surface area contributed by atoms with Crippen LogP contribution in [0.4, 0.5) is 9.59 Å². The van der Waals surface area contributed by atoms with Crippen LogP contribution in [0.2, 0.25) is 0 Å². The van der Waals surface area contributed by atoms with Gasteiger partial charge >= 0.3 is 18.0 Å². The number of carboxylic acids is 1. The molecule has 1 rings (SSSR count). The van der Waals surface area contributed by atoms with E-state index in [1.54, 1.807) is 14.1 Å². The highest BCUT2D eigenvalue weighted by atomic mass is 16.5. The largest absolute Gasteiger partial charge is 0.479 e. The van der Waals surface area contributed by atoms with Crippen molar-refractivity contribution in [2.75, 3.05) is 33.7 Å². The molecule has 0 spiro atoms. The Morgan fingerprint density at radius 3 is 2.38 bits per heavy atom. The summed E-state index contributed by atoms with van der Waals surface area (Å²) in [5.74, 6) is -0.974. The molecule has 2 atom stereocenters. The van der Waals surface area contributed by atoms with Crippen LogP contribution in [0.5, 0.6) is 0 Å². The first kappa shape index (κ1) is 17.0. The van der Waals surface area contributed by atoms with Crippen LogP contribution < -0.4 is 16.0 Å². The standard InChI is InChI=1S/C12H22N4O5/c1-16(2)12(20)14-6-5-13-11(19)15-7-8-3-4-9(21-8)10(17)18/h8-9H,3-7H2,1-2H3,(H,14,20)(H,17,18)(H2,13,15,19). The number of carbonyl (C=O) groups excluding carboxylic acids is 2. The molecule has 4 N–H and O–H groups in total. The maximum Gasteiger partial charge on any atom is 0.332 e. The minimum atomic E-state index is -0.974. The highest BCUT2D eigenvalue weighted by Crippen LogP contribution is 2.18. The van der Waals surface area contributed by atoms with Gasteiger partial charge in [0.1, 0.15) is 0 Å². The van der Waals surface area contributed by atoms with Crippen LogP contribution in [-0.2, 0) is 9.53 Å². The maximum absolute atomic E-state index is 11.5. The Hall–Kier alpha value is -2.03. The molecule has 9 nitrogen and oxygen atoms in total. The zero-order valence-electron chi connectivity index (χ0n) is 12.2. The van der Waals surface area contributed by atoms with Gasteiger partial charge in [-0.1, -0.05) is 0 Å². The van der Waals surface area contributed by atoms with Gasteiger partial charge in [-0.25, -0.2) is 14.4 Å². The molecule has 21 heavy (non-hydrogen) atoms. The van der Waals surface area contributed by atoms with Crippen molar-refractivity contribution < 1.29 is 24.2 Å². The molecule has 0 aromatic carbocycles. The number of rotatable bonds is 6. The summed E-state index contributed by atoms with van der Waals surface area (Å²) in [4.78, 5) is 34.8. The Morgan fingerprint density at radius 1 is 1.14 bits per heavy atom. The zero-order valence-corrected chi connectivity index (χ0v) is 12.2. The third kappa shape index (κ3) is 6.30. The van der Waals surface area contributed by atoms with Crippen LogP contribution in [0.3, 0.4) is 0 Å². The van der Waals surface area contributed by atoms with Gasteiger partial charge in [-0.3, -0.25) is 0 Å². The monoisotopic (exact) mass is 302 g/mol. The molecule has 1 aliphatic rings. The molecule has 4 amide bonds. The van der Waals surface area contributed by atoms with Crippen molar-refractivity contribution in [1.29, 1.82) is 0 Å². The second-order valence-electron chi connectivity index (χ2n) is 4.93. The van der Waals surface area contributed by atoms with E-state index in [9.17, 15) is 14.4 Å². The highest BCUT2D eigenvalue weighted by molar-refractivity contribution is 5.75. The molecule has 0 bridgehead atoms. The number of urea groups is 2. The lowest BCUT2D eigenvalue weighted by molar-refractivity contribution is -0.149. The van der Waals surface area contributed by atoms with Crippen LogP contribution in [0, 0.1) is 0 Å². The van der Waals surface area contributed by atoms with Crippen molar-refractivity contribution in [1.82, 2.24) is 20.9 Å². The first-order chi connectivity index (χ1) is 9.90. The van der Waals surface area contributed by atoms with Gasteiger partial charge in [-0.05, 0) is 12.8 Å². The average molecular weight is 302 g/mol. The molecule has 0 aromatic heterocycles. The molecule has 120 valence electrons. The molecule has 2 unspecified atom stereocenters. The minimum absolute atomic E-state index is 0.226. The molecule has 0 radical (unpaired) electrons. The Balaban J connectivity index is 2.07. The number of carboxylic acid groups (broad SMARTS) is 1. The molecule has 1 heterocycles. The quantitative estimate of drug-likeness (QED) is 0.478. The molecular weight excluding hydrogens is 280 g/mol.